The van der Waals surface area contributed by atoms with E-state index in [9.17, 15) is 0 Å². The Hall–Kier alpha value is -0.120. The first-order chi connectivity index (χ1) is 8.13. The second-order valence-corrected chi connectivity index (χ2v) is 5.64. The van der Waals surface area contributed by atoms with Crippen molar-refractivity contribution in [2.45, 2.75) is 52.1 Å². The van der Waals surface area contributed by atoms with Gasteiger partial charge < -0.3 is 10.2 Å². The summed E-state index contributed by atoms with van der Waals surface area (Å²) in [7, 11) is 2.23. The summed E-state index contributed by atoms with van der Waals surface area (Å²) in [6.07, 6.45) is 3.87. The molecule has 0 aromatic carbocycles. The van der Waals surface area contributed by atoms with Crippen LogP contribution < -0.4 is 5.32 Å². The third-order valence-electron chi connectivity index (χ3n) is 3.79. The van der Waals surface area contributed by atoms with Gasteiger partial charge in [-0.2, -0.15) is 0 Å². The van der Waals surface area contributed by atoms with Gasteiger partial charge in [0.1, 0.15) is 0 Å². The number of likely N-dealkylation sites (N-methyl/N-ethyl adjacent to an activating group) is 1. The first kappa shape index (κ1) is 14.9. The molecule has 2 atom stereocenters. The van der Waals surface area contributed by atoms with Crippen molar-refractivity contribution in [2.24, 2.45) is 0 Å². The summed E-state index contributed by atoms with van der Waals surface area (Å²) in [5.74, 6) is 0. The van der Waals surface area contributed by atoms with Crippen LogP contribution in [0.25, 0.3) is 0 Å². The molecule has 1 heterocycles. The van der Waals surface area contributed by atoms with Gasteiger partial charge in [0, 0.05) is 31.7 Å². The zero-order valence-corrected chi connectivity index (χ0v) is 12.2. The first-order valence-electron chi connectivity index (χ1n) is 7.29. The highest BCUT2D eigenvalue weighted by molar-refractivity contribution is 4.77. The van der Waals surface area contributed by atoms with Gasteiger partial charge in [-0.25, -0.2) is 0 Å². The summed E-state index contributed by atoms with van der Waals surface area (Å²) < 4.78 is 0. The van der Waals surface area contributed by atoms with Crippen molar-refractivity contribution in [1.82, 2.24) is 15.1 Å². The minimum atomic E-state index is 0.678. The van der Waals surface area contributed by atoms with Crippen LogP contribution in [0.15, 0.2) is 0 Å². The predicted molar refractivity (Wildman–Crippen MR) is 75.5 cm³/mol. The molecule has 1 saturated heterocycles. The highest BCUT2D eigenvalue weighted by atomic mass is 15.3. The van der Waals surface area contributed by atoms with Gasteiger partial charge >= 0.3 is 0 Å². The number of nitrogens with zero attached hydrogens (tertiary/aromatic N) is 2. The van der Waals surface area contributed by atoms with E-state index in [-0.39, 0.29) is 0 Å². The molecule has 0 saturated carbocycles. The topological polar surface area (TPSA) is 18.5 Å². The van der Waals surface area contributed by atoms with E-state index >= 15 is 0 Å². The van der Waals surface area contributed by atoms with Gasteiger partial charge in [-0.05, 0) is 53.2 Å². The average Bonchev–Trinajstić information content (AvgIpc) is 2.29. The fraction of sp³-hybridized carbons (Fsp3) is 1.00. The molecule has 0 bridgehead atoms. The quantitative estimate of drug-likeness (QED) is 0.733. The van der Waals surface area contributed by atoms with Gasteiger partial charge in [-0.15, -0.1) is 0 Å². The van der Waals surface area contributed by atoms with Crippen LogP contribution in [0.5, 0.6) is 0 Å². The molecule has 0 aromatic heterocycles. The fourth-order valence-corrected chi connectivity index (χ4v) is 2.60. The zero-order chi connectivity index (χ0) is 12.7. The molecule has 3 nitrogen and oxygen atoms in total. The molecule has 1 aliphatic rings. The number of hydrogen-bond acceptors (Lipinski definition) is 3. The molecule has 17 heavy (non-hydrogen) atoms. The number of hydrogen-bond donors (Lipinski definition) is 1. The van der Waals surface area contributed by atoms with Crippen LogP contribution in [0.4, 0.5) is 0 Å². The lowest BCUT2D eigenvalue weighted by Gasteiger charge is -2.38. The van der Waals surface area contributed by atoms with Crippen LogP contribution in [0.3, 0.4) is 0 Å². The highest BCUT2D eigenvalue weighted by Crippen LogP contribution is 2.09. The van der Waals surface area contributed by atoms with Crippen molar-refractivity contribution in [3.05, 3.63) is 0 Å². The standard InChI is InChI=1S/C14H31N3/c1-5-8-15-13(2)7-6-9-17-11-10-16(4)12-14(17)3/h13-15H,5-12H2,1-4H3. The Balaban J connectivity index is 2.09. The van der Waals surface area contributed by atoms with Gasteiger partial charge in [0.25, 0.3) is 0 Å². The Bertz CT molecular complexity index is 196. The molecule has 0 aliphatic carbocycles. The van der Waals surface area contributed by atoms with E-state index in [0.717, 1.165) is 12.6 Å². The van der Waals surface area contributed by atoms with E-state index < -0.39 is 0 Å². The molecule has 102 valence electrons. The van der Waals surface area contributed by atoms with Gasteiger partial charge in [-0.3, -0.25) is 4.90 Å². The largest absolute Gasteiger partial charge is 0.314 e. The molecule has 1 rings (SSSR count). The van der Waals surface area contributed by atoms with Crippen molar-refractivity contribution in [1.29, 1.82) is 0 Å². The van der Waals surface area contributed by atoms with E-state index in [4.69, 9.17) is 0 Å². The summed E-state index contributed by atoms with van der Waals surface area (Å²) in [6.45, 7) is 13.0. The van der Waals surface area contributed by atoms with E-state index in [1.807, 2.05) is 0 Å². The molecule has 0 spiro atoms. The molecule has 0 radical (unpaired) electrons. The average molecular weight is 241 g/mol. The molecule has 1 aliphatic heterocycles. The van der Waals surface area contributed by atoms with Crippen LogP contribution in [0, 0.1) is 0 Å². The minimum Gasteiger partial charge on any atom is -0.314 e. The normalized spacial score (nSPS) is 25.1. The summed E-state index contributed by atoms with van der Waals surface area (Å²) in [5, 5.41) is 3.56. The number of piperazine rings is 1. The lowest BCUT2D eigenvalue weighted by molar-refractivity contribution is 0.0979. The second kappa shape index (κ2) is 8.06. The molecular formula is C14H31N3. The smallest absolute Gasteiger partial charge is 0.0195 e. The third-order valence-corrected chi connectivity index (χ3v) is 3.79. The van der Waals surface area contributed by atoms with Crippen LogP contribution in [-0.2, 0) is 0 Å². The molecule has 0 aromatic rings. The maximum absolute atomic E-state index is 3.56. The monoisotopic (exact) mass is 241 g/mol. The molecule has 1 N–H and O–H groups in total. The Morgan fingerprint density at radius 1 is 1.35 bits per heavy atom. The zero-order valence-electron chi connectivity index (χ0n) is 12.2. The van der Waals surface area contributed by atoms with Gasteiger partial charge in [0.05, 0.1) is 0 Å². The van der Waals surface area contributed by atoms with Gasteiger partial charge in [-0.1, -0.05) is 6.92 Å². The Morgan fingerprint density at radius 3 is 2.76 bits per heavy atom. The molecule has 3 heteroatoms. The summed E-state index contributed by atoms with van der Waals surface area (Å²) in [4.78, 5) is 5.08. The van der Waals surface area contributed by atoms with Crippen molar-refractivity contribution in [2.75, 3.05) is 39.8 Å². The highest BCUT2D eigenvalue weighted by Gasteiger charge is 2.20. The van der Waals surface area contributed by atoms with Crippen LogP contribution >= 0.6 is 0 Å². The van der Waals surface area contributed by atoms with E-state index in [1.165, 1.54) is 45.4 Å². The fourth-order valence-electron chi connectivity index (χ4n) is 2.60. The molecule has 1 fully saturated rings. The maximum atomic E-state index is 3.56. The molecule has 0 amide bonds. The molecule has 2 unspecified atom stereocenters. The summed E-state index contributed by atoms with van der Waals surface area (Å²) in [5.41, 5.74) is 0. The number of rotatable bonds is 7. The van der Waals surface area contributed by atoms with Gasteiger partial charge in [0.2, 0.25) is 0 Å². The van der Waals surface area contributed by atoms with Crippen molar-refractivity contribution in [3.8, 4) is 0 Å². The lowest BCUT2D eigenvalue weighted by Crippen LogP contribution is -2.50. The lowest BCUT2D eigenvalue weighted by atomic mass is 10.1. The van der Waals surface area contributed by atoms with Crippen LogP contribution in [0.2, 0.25) is 0 Å². The summed E-state index contributed by atoms with van der Waals surface area (Å²) in [6, 6.07) is 1.41. The Morgan fingerprint density at radius 2 is 2.12 bits per heavy atom. The SMILES string of the molecule is CCCNC(C)CCCN1CCN(C)CC1C. The minimum absolute atomic E-state index is 0.678. The van der Waals surface area contributed by atoms with E-state index in [2.05, 4.69) is 42.9 Å². The van der Waals surface area contributed by atoms with Crippen LogP contribution in [-0.4, -0.2) is 61.7 Å². The van der Waals surface area contributed by atoms with Crippen molar-refractivity contribution >= 4 is 0 Å². The van der Waals surface area contributed by atoms with Crippen molar-refractivity contribution < 1.29 is 0 Å². The molecular weight excluding hydrogens is 210 g/mol. The van der Waals surface area contributed by atoms with Crippen molar-refractivity contribution in [3.63, 3.8) is 0 Å². The second-order valence-electron chi connectivity index (χ2n) is 5.64. The number of nitrogens with one attached hydrogen (secondary N) is 1. The maximum Gasteiger partial charge on any atom is 0.0195 e. The van der Waals surface area contributed by atoms with E-state index in [1.54, 1.807) is 0 Å². The Labute approximate surface area is 108 Å². The van der Waals surface area contributed by atoms with E-state index in [0.29, 0.717) is 6.04 Å². The Kier molecular flexibility index (Phi) is 7.09. The predicted octanol–water partition coefficient (Wildman–Crippen LogP) is 1.79. The first-order valence-corrected chi connectivity index (χ1v) is 7.29. The third kappa shape index (κ3) is 5.84. The summed E-state index contributed by atoms with van der Waals surface area (Å²) >= 11 is 0. The van der Waals surface area contributed by atoms with Crippen LogP contribution in [0.1, 0.15) is 40.0 Å². The van der Waals surface area contributed by atoms with Gasteiger partial charge in [0.15, 0.2) is 0 Å².